The number of carbonyl (C=O) groups is 3. The van der Waals surface area contributed by atoms with Gasteiger partial charge in [0.15, 0.2) is 0 Å². The molecule has 1 saturated heterocycles. The molecule has 0 unspecified atom stereocenters. The number of likely N-dealkylation sites (tertiary alicyclic amines) is 1. The minimum Gasteiger partial charge on any atom is -0.326 e. The highest BCUT2D eigenvalue weighted by Gasteiger charge is 2.47. The summed E-state index contributed by atoms with van der Waals surface area (Å²) in [6.45, 7) is 6.14. The summed E-state index contributed by atoms with van der Waals surface area (Å²) in [5, 5.41) is 2.93. The summed E-state index contributed by atoms with van der Waals surface area (Å²) in [7, 11) is 0. The second kappa shape index (κ2) is 6.98. The van der Waals surface area contributed by atoms with E-state index in [4.69, 9.17) is 0 Å². The Morgan fingerprint density at radius 1 is 1.04 bits per heavy atom. The molecule has 1 N–H and O–H groups in total. The topological polar surface area (TPSA) is 66.5 Å². The molecule has 1 heterocycles. The van der Waals surface area contributed by atoms with Crippen LogP contribution in [0, 0.1) is 32.6 Å². The van der Waals surface area contributed by atoms with Gasteiger partial charge in [-0.05, 0) is 44.7 Å². The van der Waals surface area contributed by atoms with Crippen molar-refractivity contribution < 1.29 is 14.4 Å². The lowest BCUT2D eigenvalue weighted by atomic mass is 9.81. The summed E-state index contributed by atoms with van der Waals surface area (Å²) in [4.78, 5) is 38.5. The number of nitrogens with zero attached hydrogens (tertiary/aromatic N) is 1. The highest BCUT2D eigenvalue weighted by atomic mass is 16.2. The van der Waals surface area contributed by atoms with Gasteiger partial charge >= 0.3 is 0 Å². The molecule has 0 aromatic heterocycles. The number of aryl methyl sites for hydroxylation is 3. The fourth-order valence-corrected chi connectivity index (χ4v) is 4.24. The van der Waals surface area contributed by atoms with E-state index in [0.717, 1.165) is 48.1 Å². The van der Waals surface area contributed by atoms with Gasteiger partial charge in [-0.15, -0.1) is 0 Å². The Hall–Kier alpha value is -2.17. The average molecular weight is 342 g/mol. The predicted molar refractivity (Wildman–Crippen MR) is 96.1 cm³/mol. The number of imide groups is 1. The molecule has 25 heavy (non-hydrogen) atoms. The van der Waals surface area contributed by atoms with Crippen molar-refractivity contribution in [3.05, 3.63) is 28.8 Å². The van der Waals surface area contributed by atoms with Gasteiger partial charge in [0, 0.05) is 18.7 Å². The molecule has 134 valence electrons. The predicted octanol–water partition coefficient (Wildman–Crippen LogP) is 3.12. The molecule has 2 fully saturated rings. The summed E-state index contributed by atoms with van der Waals surface area (Å²) >= 11 is 0. The molecule has 0 spiro atoms. The van der Waals surface area contributed by atoms with Gasteiger partial charge in [0.05, 0.1) is 11.8 Å². The standard InChI is InChI=1S/C20H26N2O3/c1-12-10-13(2)18(14(3)11-12)21-17(23)8-9-22-19(24)15-6-4-5-7-16(15)20(22)25/h10-11,15-16H,4-9H2,1-3H3,(H,21,23)/t15-,16-/m1/s1. The number of rotatable bonds is 4. The molecule has 1 saturated carbocycles. The Bertz CT molecular complexity index is 679. The monoisotopic (exact) mass is 342 g/mol. The first-order valence-electron chi connectivity index (χ1n) is 9.11. The van der Waals surface area contributed by atoms with Crippen LogP contribution in [-0.4, -0.2) is 29.2 Å². The van der Waals surface area contributed by atoms with Crippen LogP contribution in [0.25, 0.3) is 0 Å². The second-order valence-corrected chi connectivity index (χ2v) is 7.40. The third-order valence-electron chi connectivity index (χ3n) is 5.44. The summed E-state index contributed by atoms with van der Waals surface area (Å²) in [5.74, 6) is -0.613. The Kier molecular flexibility index (Phi) is 4.93. The molecule has 0 radical (unpaired) electrons. The molecule has 2 aliphatic rings. The maximum absolute atomic E-state index is 12.4. The molecule has 3 rings (SSSR count). The summed E-state index contributed by atoms with van der Waals surface area (Å²) in [6.07, 6.45) is 3.78. The van der Waals surface area contributed by atoms with E-state index in [-0.39, 0.29) is 42.5 Å². The number of benzene rings is 1. The summed E-state index contributed by atoms with van der Waals surface area (Å²) in [5.41, 5.74) is 4.02. The van der Waals surface area contributed by atoms with E-state index in [1.807, 2.05) is 32.9 Å². The van der Waals surface area contributed by atoms with Crippen molar-refractivity contribution in [2.45, 2.75) is 52.9 Å². The van der Waals surface area contributed by atoms with Crippen molar-refractivity contribution in [2.24, 2.45) is 11.8 Å². The maximum atomic E-state index is 12.4. The number of carbonyl (C=O) groups excluding carboxylic acids is 3. The van der Waals surface area contributed by atoms with Crippen LogP contribution in [0.15, 0.2) is 12.1 Å². The molecule has 0 bridgehead atoms. The fourth-order valence-electron chi connectivity index (χ4n) is 4.24. The van der Waals surface area contributed by atoms with Gasteiger partial charge < -0.3 is 5.32 Å². The van der Waals surface area contributed by atoms with Gasteiger partial charge in [-0.25, -0.2) is 0 Å². The summed E-state index contributed by atoms with van der Waals surface area (Å²) < 4.78 is 0. The molecule has 2 atom stereocenters. The third kappa shape index (κ3) is 3.46. The maximum Gasteiger partial charge on any atom is 0.233 e. The number of hydrogen-bond donors (Lipinski definition) is 1. The van der Waals surface area contributed by atoms with Gasteiger partial charge in [0.2, 0.25) is 17.7 Å². The van der Waals surface area contributed by atoms with Crippen LogP contribution in [0.3, 0.4) is 0 Å². The van der Waals surface area contributed by atoms with Gasteiger partial charge in [-0.1, -0.05) is 30.5 Å². The van der Waals surface area contributed by atoms with E-state index in [1.54, 1.807) is 0 Å². The number of anilines is 1. The molecule has 1 aromatic carbocycles. The van der Waals surface area contributed by atoms with Crippen molar-refractivity contribution in [1.82, 2.24) is 4.90 Å². The summed E-state index contributed by atoms with van der Waals surface area (Å²) in [6, 6.07) is 4.06. The van der Waals surface area contributed by atoms with Gasteiger partial charge in [-0.3, -0.25) is 19.3 Å². The number of fused-ring (bicyclic) bond motifs is 1. The zero-order valence-corrected chi connectivity index (χ0v) is 15.2. The van der Waals surface area contributed by atoms with E-state index < -0.39 is 0 Å². The van der Waals surface area contributed by atoms with Crippen LogP contribution in [-0.2, 0) is 14.4 Å². The normalized spacial score (nSPS) is 22.9. The van der Waals surface area contributed by atoms with Crippen LogP contribution in [0.5, 0.6) is 0 Å². The molecular formula is C20H26N2O3. The van der Waals surface area contributed by atoms with Crippen LogP contribution in [0.1, 0.15) is 48.8 Å². The lowest BCUT2D eigenvalue weighted by molar-refractivity contribution is -0.140. The molecule has 1 aliphatic heterocycles. The van der Waals surface area contributed by atoms with Crippen molar-refractivity contribution in [3.63, 3.8) is 0 Å². The van der Waals surface area contributed by atoms with Crippen molar-refractivity contribution in [2.75, 3.05) is 11.9 Å². The fraction of sp³-hybridized carbons (Fsp3) is 0.550. The van der Waals surface area contributed by atoms with Crippen molar-refractivity contribution >= 4 is 23.4 Å². The Balaban J connectivity index is 1.61. The van der Waals surface area contributed by atoms with E-state index in [2.05, 4.69) is 5.32 Å². The first-order chi connectivity index (χ1) is 11.9. The van der Waals surface area contributed by atoms with E-state index in [9.17, 15) is 14.4 Å². The largest absolute Gasteiger partial charge is 0.326 e. The highest BCUT2D eigenvalue weighted by Crippen LogP contribution is 2.38. The third-order valence-corrected chi connectivity index (χ3v) is 5.44. The molecule has 1 aromatic rings. The first kappa shape index (κ1) is 17.6. The molecule has 5 nitrogen and oxygen atoms in total. The second-order valence-electron chi connectivity index (χ2n) is 7.40. The van der Waals surface area contributed by atoms with E-state index in [0.29, 0.717) is 0 Å². The van der Waals surface area contributed by atoms with E-state index in [1.165, 1.54) is 4.90 Å². The Morgan fingerprint density at radius 3 is 2.08 bits per heavy atom. The van der Waals surface area contributed by atoms with Gasteiger partial charge in [0.1, 0.15) is 0 Å². The molecule has 3 amide bonds. The molecule has 1 aliphatic carbocycles. The van der Waals surface area contributed by atoms with Crippen LogP contribution in [0.2, 0.25) is 0 Å². The lowest BCUT2D eigenvalue weighted by Crippen LogP contribution is -2.34. The highest BCUT2D eigenvalue weighted by molar-refractivity contribution is 6.05. The van der Waals surface area contributed by atoms with E-state index >= 15 is 0 Å². The minimum atomic E-state index is -0.162. The van der Waals surface area contributed by atoms with Crippen LogP contribution in [0.4, 0.5) is 5.69 Å². The zero-order valence-electron chi connectivity index (χ0n) is 15.2. The van der Waals surface area contributed by atoms with Crippen LogP contribution < -0.4 is 5.32 Å². The molecule has 5 heteroatoms. The van der Waals surface area contributed by atoms with Gasteiger partial charge in [0.25, 0.3) is 0 Å². The number of amides is 3. The Morgan fingerprint density at radius 2 is 1.56 bits per heavy atom. The van der Waals surface area contributed by atoms with Gasteiger partial charge in [-0.2, -0.15) is 0 Å². The first-order valence-corrected chi connectivity index (χ1v) is 9.11. The molecular weight excluding hydrogens is 316 g/mol. The number of nitrogens with one attached hydrogen (secondary N) is 1. The average Bonchev–Trinajstić information content (AvgIpc) is 2.81. The lowest BCUT2D eigenvalue weighted by Gasteiger charge is -2.19. The Labute approximate surface area is 148 Å². The SMILES string of the molecule is Cc1cc(C)c(NC(=O)CCN2C(=O)[C@@H]3CCCC[C@H]3C2=O)c(C)c1. The smallest absolute Gasteiger partial charge is 0.233 e. The minimum absolute atomic E-state index is 0.0785. The van der Waals surface area contributed by atoms with Crippen molar-refractivity contribution in [1.29, 1.82) is 0 Å². The quantitative estimate of drug-likeness (QED) is 0.855. The number of hydrogen-bond acceptors (Lipinski definition) is 3. The van der Waals surface area contributed by atoms with Crippen molar-refractivity contribution in [3.8, 4) is 0 Å². The zero-order chi connectivity index (χ0) is 18.1. The van der Waals surface area contributed by atoms with Crippen LogP contribution >= 0.6 is 0 Å².